The highest BCUT2D eigenvalue weighted by Gasteiger charge is 2.28. The highest BCUT2D eigenvalue weighted by atomic mass is 16.1. The van der Waals surface area contributed by atoms with Crippen LogP contribution in [0.2, 0.25) is 0 Å². The molecule has 0 bridgehead atoms. The van der Waals surface area contributed by atoms with Crippen molar-refractivity contribution in [3.8, 4) is 0 Å². The Balaban J connectivity index is 1.35. The molecule has 2 fully saturated rings. The van der Waals surface area contributed by atoms with Gasteiger partial charge in [-0.25, -0.2) is 4.98 Å². The molecule has 0 unspecified atom stereocenters. The van der Waals surface area contributed by atoms with E-state index in [1.807, 2.05) is 27.4 Å². The van der Waals surface area contributed by atoms with E-state index in [1.165, 1.54) is 12.8 Å². The van der Waals surface area contributed by atoms with Crippen molar-refractivity contribution in [3.05, 3.63) is 46.4 Å². The lowest BCUT2D eigenvalue weighted by Gasteiger charge is -2.31. The largest absolute Gasteiger partial charge is 0.352 e. The molecule has 8 nitrogen and oxygen atoms in total. The molecule has 1 saturated heterocycles. The van der Waals surface area contributed by atoms with Gasteiger partial charge in [0.15, 0.2) is 17.3 Å². The number of fused-ring (bicyclic) bond motifs is 1. The second-order valence-electron chi connectivity index (χ2n) is 9.71. The van der Waals surface area contributed by atoms with Crippen molar-refractivity contribution >= 4 is 11.5 Å². The molecule has 1 aliphatic carbocycles. The van der Waals surface area contributed by atoms with E-state index in [1.54, 1.807) is 6.20 Å². The van der Waals surface area contributed by atoms with Gasteiger partial charge < -0.3 is 9.47 Å². The van der Waals surface area contributed by atoms with Crippen LogP contribution >= 0.6 is 0 Å². The van der Waals surface area contributed by atoms with E-state index in [-0.39, 0.29) is 16.9 Å². The van der Waals surface area contributed by atoms with E-state index >= 15 is 0 Å². The minimum Gasteiger partial charge on any atom is -0.352 e. The lowest BCUT2D eigenvalue weighted by Crippen LogP contribution is -2.39. The molecule has 8 heteroatoms. The SMILES string of the molecule is CC(C)(C)c1ccc2nnc(C3CCN(c4nccn(CC5CC5)c4=O)CC3)n2n1. The predicted molar refractivity (Wildman–Crippen MR) is 115 cm³/mol. The molecular formula is C22H29N7O. The van der Waals surface area contributed by atoms with Gasteiger partial charge in [0.05, 0.1) is 5.69 Å². The molecule has 158 valence electrons. The Kier molecular flexibility index (Phi) is 4.60. The Morgan fingerprint density at radius 2 is 1.83 bits per heavy atom. The molecule has 0 radical (unpaired) electrons. The number of hydrogen-bond acceptors (Lipinski definition) is 6. The van der Waals surface area contributed by atoms with Crippen molar-refractivity contribution in [1.29, 1.82) is 0 Å². The molecule has 5 rings (SSSR count). The first-order valence-electron chi connectivity index (χ1n) is 10.9. The number of nitrogens with zero attached hydrogens (tertiary/aromatic N) is 7. The molecule has 30 heavy (non-hydrogen) atoms. The smallest absolute Gasteiger partial charge is 0.293 e. The van der Waals surface area contributed by atoms with Crippen LogP contribution in [-0.4, -0.2) is 42.5 Å². The zero-order valence-electron chi connectivity index (χ0n) is 18.0. The Hall–Kier alpha value is -2.77. The molecular weight excluding hydrogens is 378 g/mol. The van der Waals surface area contributed by atoms with E-state index in [0.29, 0.717) is 11.7 Å². The summed E-state index contributed by atoms with van der Waals surface area (Å²) in [7, 11) is 0. The summed E-state index contributed by atoms with van der Waals surface area (Å²) in [6, 6.07) is 4.03. The minimum absolute atomic E-state index is 0.0293. The van der Waals surface area contributed by atoms with Crippen LogP contribution in [0.15, 0.2) is 29.3 Å². The van der Waals surface area contributed by atoms with Crippen molar-refractivity contribution in [2.24, 2.45) is 5.92 Å². The number of piperidine rings is 1. The highest BCUT2D eigenvalue weighted by molar-refractivity contribution is 5.39. The summed E-state index contributed by atoms with van der Waals surface area (Å²) >= 11 is 0. The molecule has 1 aliphatic heterocycles. The first-order valence-corrected chi connectivity index (χ1v) is 10.9. The van der Waals surface area contributed by atoms with Crippen molar-refractivity contribution in [3.63, 3.8) is 0 Å². The average molecular weight is 408 g/mol. The number of hydrogen-bond donors (Lipinski definition) is 0. The molecule has 0 spiro atoms. The van der Waals surface area contributed by atoms with Crippen LogP contribution < -0.4 is 10.5 Å². The fourth-order valence-electron chi connectivity index (χ4n) is 4.18. The summed E-state index contributed by atoms with van der Waals surface area (Å²) < 4.78 is 3.74. The van der Waals surface area contributed by atoms with Crippen LogP contribution in [0.1, 0.15) is 63.9 Å². The van der Waals surface area contributed by atoms with E-state index in [4.69, 9.17) is 5.10 Å². The summed E-state index contributed by atoms with van der Waals surface area (Å²) in [4.78, 5) is 19.4. The number of aromatic nitrogens is 6. The van der Waals surface area contributed by atoms with Gasteiger partial charge in [-0.15, -0.1) is 10.2 Å². The maximum absolute atomic E-state index is 12.9. The quantitative estimate of drug-likeness (QED) is 0.662. The van der Waals surface area contributed by atoms with E-state index in [2.05, 4.69) is 40.9 Å². The fourth-order valence-corrected chi connectivity index (χ4v) is 4.18. The third-order valence-corrected chi connectivity index (χ3v) is 6.26. The third-order valence-electron chi connectivity index (χ3n) is 6.26. The molecule has 1 saturated carbocycles. The Labute approximate surface area is 176 Å². The molecule has 0 aromatic carbocycles. The molecule has 2 aliphatic rings. The van der Waals surface area contributed by atoms with Crippen molar-refractivity contribution in [2.75, 3.05) is 18.0 Å². The number of anilines is 1. The third kappa shape index (κ3) is 3.59. The van der Waals surface area contributed by atoms with Gasteiger partial charge in [-0.1, -0.05) is 20.8 Å². The topological polar surface area (TPSA) is 81.2 Å². The van der Waals surface area contributed by atoms with E-state index in [9.17, 15) is 4.79 Å². The zero-order valence-corrected chi connectivity index (χ0v) is 18.0. The normalized spacial score (nSPS) is 18.3. The van der Waals surface area contributed by atoms with Gasteiger partial charge in [-0.05, 0) is 43.7 Å². The van der Waals surface area contributed by atoms with Gasteiger partial charge in [-0.2, -0.15) is 9.61 Å². The van der Waals surface area contributed by atoms with Crippen LogP contribution in [0.3, 0.4) is 0 Å². The van der Waals surface area contributed by atoms with Crippen molar-refractivity contribution in [2.45, 2.75) is 64.3 Å². The molecule has 3 aromatic rings. The van der Waals surface area contributed by atoms with Gasteiger partial charge in [0.25, 0.3) is 5.56 Å². The van der Waals surface area contributed by atoms with E-state index in [0.717, 1.165) is 49.6 Å². The van der Waals surface area contributed by atoms with Crippen LogP contribution in [-0.2, 0) is 12.0 Å². The summed E-state index contributed by atoms with van der Waals surface area (Å²) in [5, 5.41) is 13.6. The van der Waals surface area contributed by atoms with Crippen LogP contribution in [0, 0.1) is 5.92 Å². The minimum atomic E-state index is -0.0293. The zero-order chi connectivity index (χ0) is 20.9. The standard InChI is InChI=1S/C22H29N7O/c1-22(2,3)17-6-7-18-24-25-19(29(18)26-17)16-8-11-27(12-9-16)20-21(30)28(13-10-23-20)14-15-4-5-15/h6-7,10,13,15-16H,4-5,8-9,11-12,14H2,1-3H3. The van der Waals surface area contributed by atoms with Crippen molar-refractivity contribution < 1.29 is 0 Å². The van der Waals surface area contributed by atoms with Gasteiger partial charge in [0.2, 0.25) is 0 Å². The van der Waals surface area contributed by atoms with Crippen LogP contribution in [0.25, 0.3) is 5.65 Å². The molecule has 4 heterocycles. The molecule has 0 N–H and O–H groups in total. The highest BCUT2D eigenvalue weighted by Crippen LogP contribution is 2.31. The maximum atomic E-state index is 12.9. The predicted octanol–water partition coefficient (Wildman–Crippen LogP) is 2.77. The first-order chi connectivity index (χ1) is 14.4. The second kappa shape index (κ2) is 7.18. The lowest BCUT2D eigenvalue weighted by atomic mass is 9.92. The lowest BCUT2D eigenvalue weighted by molar-refractivity contribution is 0.468. The Morgan fingerprint density at radius 1 is 1.07 bits per heavy atom. The Bertz CT molecular complexity index is 1110. The van der Waals surface area contributed by atoms with E-state index < -0.39 is 0 Å². The van der Waals surface area contributed by atoms with Crippen LogP contribution in [0.4, 0.5) is 5.82 Å². The van der Waals surface area contributed by atoms with Gasteiger partial charge in [0, 0.05) is 43.4 Å². The van der Waals surface area contributed by atoms with Crippen LogP contribution in [0.5, 0.6) is 0 Å². The van der Waals surface area contributed by atoms with Crippen molar-refractivity contribution in [1.82, 2.24) is 29.4 Å². The van der Waals surface area contributed by atoms with Gasteiger partial charge in [0.1, 0.15) is 0 Å². The molecule has 3 aromatic heterocycles. The molecule has 0 amide bonds. The first kappa shape index (κ1) is 19.2. The fraction of sp³-hybridized carbons (Fsp3) is 0.591. The van der Waals surface area contributed by atoms with Gasteiger partial charge >= 0.3 is 0 Å². The maximum Gasteiger partial charge on any atom is 0.293 e. The second-order valence-corrected chi connectivity index (χ2v) is 9.71. The summed E-state index contributed by atoms with van der Waals surface area (Å²) in [5.74, 6) is 2.44. The average Bonchev–Trinajstić information content (AvgIpc) is 3.44. The Morgan fingerprint density at radius 3 is 2.53 bits per heavy atom. The summed E-state index contributed by atoms with van der Waals surface area (Å²) in [5.41, 5.74) is 1.82. The molecule has 0 atom stereocenters. The summed E-state index contributed by atoms with van der Waals surface area (Å²) in [6.45, 7) is 8.87. The van der Waals surface area contributed by atoms with Gasteiger partial charge in [-0.3, -0.25) is 4.79 Å². The monoisotopic (exact) mass is 407 g/mol. The number of rotatable bonds is 4. The summed E-state index contributed by atoms with van der Waals surface area (Å²) in [6.07, 6.45) is 7.84.